The third-order valence-electron chi connectivity index (χ3n) is 14.5. The maximum Gasteiger partial charge on any atom is 0.224 e. The Labute approximate surface area is 615 Å². The summed E-state index contributed by atoms with van der Waals surface area (Å²) in [5.41, 5.74) is 25.0. The molecule has 8 N–H and O–H groups in total. The van der Waals surface area contributed by atoms with Crippen molar-refractivity contribution in [1.29, 1.82) is 0 Å². The van der Waals surface area contributed by atoms with E-state index in [1.165, 1.54) is 52.1 Å². The van der Waals surface area contributed by atoms with Gasteiger partial charge in [0.2, 0.25) is 5.28 Å². The van der Waals surface area contributed by atoms with E-state index in [1.54, 1.807) is 37.1 Å². The van der Waals surface area contributed by atoms with Crippen molar-refractivity contribution < 1.29 is 0 Å². The van der Waals surface area contributed by atoms with Gasteiger partial charge in [0.05, 0.1) is 5.69 Å². The quantitative estimate of drug-likeness (QED) is 0.0388. The van der Waals surface area contributed by atoms with Crippen LogP contribution in [-0.4, -0.2) is 69.8 Å². The third kappa shape index (κ3) is 27.1. The normalized spacial score (nSPS) is 10.0. The molecule has 102 heavy (non-hydrogen) atoms. The number of aromatic nitrogens is 14. The van der Waals surface area contributed by atoms with Crippen LogP contribution in [0.5, 0.6) is 0 Å². The van der Waals surface area contributed by atoms with Crippen molar-refractivity contribution in [2.24, 2.45) is 11.5 Å². The Balaban J connectivity index is 0.000000173. The maximum absolute atomic E-state index is 5.74. The molecule has 15 rings (SSSR count). The molecule has 0 spiro atoms. The number of pyridine rings is 2. The minimum Gasteiger partial charge on any atom is -0.366 e. The molecule has 0 atom stereocenters. The lowest BCUT2D eigenvalue weighted by Gasteiger charge is -2.04. The highest BCUT2D eigenvalue weighted by Gasteiger charge is 2.12. The van der Waals surface area contributed by atoms with Crippen LogP contribution in [0, 0.1) is 0 Å². The number of H-pyrrole nitrogens is 2. The number of fused-ring (bicyclic) bond motifs is 2. The lowest BCUT2D eigenvalue weighted by Crippen LogP contribution is -2.01. The molecule has 0 aliphatic heterocycles. The lowest BCUT2D eigenvalue weighted by atomic mass is 10.1. The van der Waals surface area contributed by atoms with Gasteiger partial charge in [0.25, 0.3) is 0 Å². The van der Waals surface area contributed by atoms with E-state index >= 15 is 0 Å². The Morgan fingerprint density at radius 1 is 0.333 bits per heavy atom. The smallest absolute Gasteiger partial charge is 0.224 e. The van der Waals surface area contributed by atoms with Crippen molar-refractivity contribution in [1.82, 2.24) is 69.8 Å². The van der Waals surface area contributed by atoms with Crippen molar-refractivity contribution in [3.63, 3.8) is 0 Å². The highest BCUT2D eigenvalue weighted by atomic mass is 35.5. The molecular formula is C80H80Cl4N18. The fraction of sp³-hybridized carbons (Fsp3) is 0.125. The average molecular weight is 1440 g/mol. The molecule has 9 aromatic heterocycles. The van der Waals surface area contributed by atoms with E-state index in [9.17, 15) is 0 Å². The zero-order valence-electron chi connectivity index (χ0n) is 54.4. The van der Waals surface area contributed by atoms with E-state index < -0.39 is 0 Å². The number of anilines is 2. The Kier molecular flexibility index (Phi) is 33.7. The van der Waals surface area contributed by atoms with Crippen molar-refractivity contribution in [2.75, 3.05) is 10.6 Å². The van der Waals surface area contributed by atoms with Crippen LogP contribution in [-0.2, 0) is 51.9 Å². The molecule has 0 unspecified atom stereocenters. The van der Waals surface area contributed by atoms with Crippen molar-refractivity contribution >= 4 is 80.1 Å². The molecule has 0 bridgehead atoms. The van der Waals surface area contributed by atoms with E-state index in [4.69, 9.17) is 62.9 Å². The number of halogens is 4. The van der Waals surface area contributed by atoms with Crippen LogP contribution in [0.3, 0.4) is 0 Å². The molecule has 18 nitrogen and oxygen atoms in total. The van der Waals surface area contributed by atoms with Crippen LogP contribution in [0.4, 0.5) is 11.6 Å². The topological polar surface area (TPSA) is 262 Å². The largest absolute Gasteiger partial charge is 0.366 e. The van der Waals surface area contributed by atoms with Gasteiger partial charge in [0, 0.05) is 109 Å². The van der Waals surface area contributed by atoms with E-state index in [0.29, 0.717) is 28.5 Å². The molecule has 518 valence electrons. The first-order valence-electron chi connectivity index (χ1n) is 31.8. The van der Waals surface area contributed by atoms with Crippen molar-refractivity contribution in [2.45, 2.75) is 66.7 Å². The van der Waals surface area contributed by atoms with E-state index in [0.717, 1.165) is 107 Å². The number of aromatic amines is 2. The van der Waals surface area contributed by atoms with E-state index in [-0.39, 0.29) is 20.1 Å². The molecule has 0 saturated carbocycles. The Morgan fingerprint density at radius 2 is 0.765 bits per heavy atom. The van der Waals surface area contributed by atoms with Crippen molar-refractivity contribution in [3.8, 4) is 22.6 Å². The number of aryl methyl sites for hydroxylation is 4. The molecule has 0 aliphatic rings. The highest BCUT2D eigenvalue weighted by molar-refractivity contribution is 6.33. The van der Waals surface area contributed by atoms with Gasteiger partial charge in [0.1, 0.15) is 57.4 Å². The minimum absolute atomic E-state index is 0. The summed E-state index contributed by atoms with van der Waals surface area (Å²) in [7, 11) is 0. The summed E-state index contributed by atoms with van der Waals surface area (Å²) in [6, 6.07) is 78.1. The molecule has 0 saturated heterocycles. The summed E-state index contributed by atoms with van der Waals surface area (Å²) < 4.78 is 0. The highest BCUT2D eigenvalue weighted by Crippen LogP contribution is 2.27. The molecule has 0 amide bonds. The lowest BCUT2D eigenvalue weighted by molar-refractivity contribution is 0.902. The predicted octanol–water partition coefficient (Wildman–Crippen LogP) is 18.4. The van der Waals surface area contributed by atoms with Gasteiger partial charge in [-0.3, -0.25) is 0 Å². The fourth-order valence-corrected chi connectivity index (χ4v) is 10.1. The van der Waals surface area contributed by atoms with Gasteiger partial charge < -0.3 is 32.1 Å². The summed E-state index contributed by atoms with van der Waals surface area (Å²) in [6.45, 7) is 2.74. The first-order valence-corrected chi connectivity index (χ1v) is 33.3. The van der Waals surface area contributed by atoms with E-state index in [1.807, 2.05) is 152 Å². The van der Waals surface area contributed by atoms with Crippen LogP contribution in [0.2, 0.25) is 20.7 Å². The number of hydrogen-bond acceptors (Lipinski definition) is 16. The number of nitrogens with two attached hydrogens (primary N) is 2. The average Bonchev–Trinajstić information content (AvgIpc) is 1.66. The number of nitrogens with one attached hydrogen (secondary N) is 4. The second kappa shape index (κ2) is 44.0. The van der Waals surface area contributed by atoms with Gasteiger partial charge in [-0.25, -0.2) is 59.8 Å². The van der Waals surface area contributed by atoms with Crippen LogP contribution < -0.4 is 22.1 Å². The van der Waals surface area contributed by atoms with Gasteiger partial charge in [0.15, 0.2) is 5.82 Å². The zero-order chi connectivity index (χ0) is 69.6. The summed E-state index contributed by atoms with van der Waals surface area (Å²) in [5.74, 6) is 2.22. The minimum atomic E-state index is 0. The molecule has 6 aromatic carbocycles. The third-order valence-corrected chi connectivity index (χ3v) is 15.3. The van der Waals surface area contributed by atoms with Crippen molar-refractivity contribution in [3.05, 3.63) is 358 Å². The Bertz CT molecular complexity index is 4480. The molecule has 0 aliphatic carbocycles. The summed E-state index contributed by atoms with van der Waals surface area (Å²) in [4.78, 5) is 55.9. The zero-order valence-corrected chi connectivity index (χ0v) is 57.4. The SMILES string of the molecule is C.C.Clc1cc(Cl)ncn1.Clc1cc(NCc2ccccc2)ncn1.Clc1nccc(NCc2ccccc2)n1.NCc1ccccc1.NCc1ccccc1.c1ccc(CCc2cc(-c3c[nH]c4ncccc34)ncn2)cc1.c1ccc(CCc2ccnc(-c3c[nH]c4ncccc34)n2)cc1. The molecule has 15 aromatic rings. The number of hydrogen-bond donors (Lipinski definition) is 6. The first-order chi connectivity index (χ1) is 49.1. The number of nitrogens with zero attached hydrogens (tertiary/aromatic N) is 12. The van der Waals surface area contributed by atoms with Gasteiger partial charge in [-0.1, -0.05) is 232 Å². The molecule has 0 fully saturated rings. The van der Waals surface area contributed by atoms with Gasteiger partial charge in [-0.05, 0) is 113 Å². The second-order valence-corrected chi connectivity index (χ2v) is 23.1. The summed E-state index contributed by atoms with van der Waals surface area (Å²) >= 11 is 22.2. The predicted molar refractivity (Wildman–Crippen MR) is 418 cm³/mol. The monoisotopic (exact) mass is 1430 g/mol. The molecule has 9 heterocycles. The van der Waals surface area contributed by atoms with Gasteiger partial charge in [-0.2, -0.15) is 0 Å². The fourth-order valence-electron chi connectivity index (χ4n) is 9.47. The van der Waals surface area contributed by atoms with Gasteiger partial charge >= 0.3 is 0 Å². The Morgan fingerprint density at radius 3 is 1.24 bits per heavy atom. The Hall–Kier alpha value is -11.2. The van der Waals surface area contributed by atoms with Crippen LogP contribution >= 0.6 is 46.4 Å². The number of rotatable bonds is 16. The summed E-state index contributed by atoms with van der Waals surface area (Å²) in [5, 5.41) is 9.90. The van der Waals surface area contributed by atoms with Crippen LogP contribution in [0.15, 0.2) is 293 Å². The first kappa shape index (κ1) is 78.1. The molecule has 0 radical (unpaired) electrons. The number of benzene rings is 6. The van der Waals surface area contributed by atoms with Gasteiger partial charge in [-0.15, -0.1) is 0 Å². The van der Waals surface area contributed by atoms with Crippen LogP contribution in [0.25, 0.3) is 44.7 Å². The molecule has 22 heteroatoms. The van der Waals surface area contributed by atoms with E-state index in [2.05, 4.69) is 160 Å². The molecular weight excluding hydrogens is 1350 g/mol. The maximum atomic E-state index is 5.74. The second-order valence-electron chi connectivity index (χ2n) is 21.6. The standard InChI is InChI=1S/2C19H16N4.2C11H10ClN3.2C7H9N.C4H2Cl2N2.2CH4/c1-2-5-14(6-3-1)8-9-15-10-12-21-19(23-15)17-13-22-18-16(17)7-4-11-20-18;1-2-5-14(6-3-1)8-9-15-11-18(23-13-22-15)17-12-21-19-16(17)7-4-10-20-19;12-10-6-11(15-8-14-10)13-7-9-4-2-1-3-5-9;12-11-13-7-6-10(15-11)14-8-9-4-2-1-3-5-9;2*8-6-7-4-2-1-3-5-7;5-3-1-4(6)8-2-7-3;;/h1-7,10-13H,8-9H2,(H,20,22);1-7,10-13H,8-9H2,(H,20,21);1-6,8H,7H2,(H,13,14,15);1-7H,8H2,(H,13,14,15);2*1-5H,6,8H2;1-2H;2*1H4. The van der Waals surface area contributed by atoms with Crippen LogP contribution in [0.1, 0.15) is 59.6 Å². The summed E-state index contributed by atoms with van der Waals surface area (Å²) in [6.07, 6.45) is 19.1.